The zero-order valence-corrected chi connectivity index (χ0v) is 10.8. The van der Waals surface area contributed by atoms with E-state index < -0.39 is 0 Å². The minimum absolute atomic E-state index is 1.25. The van der Waals surface area contributed by atoms with Gasteiger partial charge in [-0.05, 0) is 23.9 Å². The first-order chi connectivity index (χ1) is 6.88. The van der Waals surface area contributed by atoms with Crippen LogP contribution in [0.3, 0.4) is 0 Å². The summed E-state index contributed by atoms with van der Waals surface area (Å²) < 4.78 is 0. The Morgan fingerprint density at radius 3 is 2.21 bits per heavy atom. The minimum Gasteiger partial charge on any atom is -0.144 e. The molecule has 0 radical (unpaired) electrons. The minimum atomic E-state index is 1.25. The van der Waals surface area contributed by atoms with Gasteiger partial charge in [0.05, 0.1) is 0 Å². The van der Waals surface area contributed by atoms with Crippen LogP contribution in [-0.2, 0) is 0 Å². The van der Waals surface area contributed by atoms with E-state index in [0.717, 1.165) is 0 Å². The highest BCUT2D eigenvalue weighted by Crippen LogP contribution is 2.18. The van der Waals surface area contributed by atoms with E-state index in [9.17, 15) is 0 Å². The quantitative estimate of drug-likeness (QED) is 0.606. The lowest BCUT2D eigenvalue weighted by molar-refractivity contribution is 1.50. The van der Waals surface area contributed by atoms with Gasteiger partial charge in [0.25, 0.3) is 0 Å². The molecule has 0 bridgehead atoms. The van der Waals surface area contributed by atoms with Gasteiger partial charge in [-0.25, -0.2) is 0 Å². The van der Waals surface area contributed by atoms with E-state index >= 15 is 0 Å². The fourth-order valence-corrected chi connectivity index (χ4v) is 1.54. The molecular weight excluding hydrogens is 188 g/mol. The molecule has 0 aliphatic rings. The highest BCUT2D eigenvalue weighted by atomic mass is 32.1. The molecule has 80 valence electrons. The lowest BCUT2D eigenvalue weighted by Gasteiger charge is -1.86. The van der Waals surface area contributed by atoms with Crippen LogP contribution in [0.2, 0.25) is 0 Å². The summed E-state index contributed by atoms with van der Waals surface area (Å²) in [6.45, 7) is 13.7. The summed E-state index contributed by atoms with van der Waals surface area (Å²) >= 11 is 1.72. The summed E-state index contributed by atoms with van der Waals surface area (Å²) in [4.78, 5) is 1.25. The number of thiophene rings is 1. The molecule has 0 N–H and O–H groups in total. The van der Waals surface area contributed by atoms with Crippen molar-refractivity contribution >= 4 is 23.5 Å². The van der Waals surface area contributed by atoms with E-state index in [4.69, 9.17) is 0 Å². The van der Waals surface area contributed by atoms with Gasteiger partial charge in [0, 0.05) is 4.88 Å². The van der Waals surface area contributed by atoms with E-state index in [0.29, 0.717) is 0 Å². The molecule has 0 nitrogen and oxygen atoms in total. The predicted molar refractivity (Wildman–Crippen MR) is 71.8 cm³/mol. The third-order valence-electron chi connectivity index (χ3n) is 1.26. The Hall–Kier alpha value is -0.820. The van der Waals surface area contributed by atoms with Crippen LogP contribution in [0, 0.1) is 0 Å². The van der Waals surface area contributed by atoms with Gasteiger partial charge in [-0.15, -0.1) is 11.3 Å². The third-order valence-corrected chi connectivity index (χ3v) is 2.19. The lowest BCUT2D eigenvalue weighted by atomic mass is 10.2. The normalized spacial score (nSPS) is 8.36. The zero-order valence-electron chi connectivity index (χ0n) is 10.0. The van der Waals surface area contributed by atoms with Crippen molar-refractivity contribution in [2.45, 2.75) is 34.6 Å². The molecule has 0 aliphatic carbocycles. The predicted octanol–water partition coefficient (Wildman–Crippen LogP) is 5.48. The van der Waals surface area contributed by atoms with Crippen LogP contribution in [-0.4, -0.2) is 0 Å². The molecule has 0 aromatic carbocycles. The zero-order chi connectivity index (χ0) is 11.4. The summed E-state index contributed by atoms with van der Waals surface area (Å²) in [7, 11) is 0. The first-order valence-corrected chi connectivity index (χ1v) is 6.09. The Labute approximate surface area is 93.0 Å². The fourth-order valence-electron chi connectivity index (χ4n) is 0.814. The molecule has 1 aromatic heterocycles. The molecule has 1 heteroatoms. The van der Waals surface area contributed by atoms with Gasteiger partial charge in [0.15, 0.2) is 0 Å². The maximum atomic E-state index is 3.72. The van der Waals surface area contributed by atoms with Gasteiger partial charge < -0.3 is 0 Å². The lowest BCUT2D eigenvalue weighted by Crippen LogP contribution is -1.65. The van der Waals surface area contributed by atoms with Gasteiger partial charge in [0.1, 0.15) is 0 Å². The van der Waals surface area contributed by atoms with Crippen LogP contribution in [0.5, 0.6) is 0 Å². The van der Waals surface area contributed by atoms with Gasteiger partial charge in [0.2, 0.25) is 0 Å². The molecule has 1 rings (SSSR count). The van der Waals surface area contributed by atoms with Crippen LogP contribution in [0.1, 0.15) is 45.1 Å². The summed E-state index contributed by atoms with van der Waals surface area (Å²) in [6.07, 6.45) is 6.02. The van der Waals surface area contributed by atoms with Crippen molar-refractivity contribution in [1.82, 2.24) is 0 Å². The van der Waals surface area contributed by atoms with Crippen molar-refractivity contribution in [2.75, 3.05) is 0 Å². The van der Waals surface area contributed by atoms with Crippen molar-refractivity contribution < 1.29 is 0 Å². The second-order valence-corrected chi connectivity index (χ2v) is 2.89. The van der Waals surface area contributed by atoms with E-state index in [1.807, 2.05) is 46.8 Å². The second kappa shape index (κ2) is 12.2. The molecule has 1 heterocycles. The van der Waals surface area contributed by atoms with E-state index in [1.165, 1.54) is 10.4 Å². The Morgan fingerprint density at radius 1 is 1.21 bits per heavy atom. The van der Waals surface area contributed by atoms with Crippen LogP contribution in [0.4, 0.5) is 0 Å². The van der Waals surface area contributed by atoms with Crippen LogP contribution < -0.4 is 0 Å². The molecule has 14 heavy (non-hydrogen) atoms. The van der Waals surface area contributed by atoms with Crippen molar-refractivity contribution in [1.29, 1.82) is 0 Å². The SMILES string of the molecule is C=Cc1sccc1/C=C\C.CC.CC. The van der Waals surface area contributed by atoms with Crippen LogP contribution in [0.15, 0.2) is 24.1 Å². The molecular formula is C13H22S. The molecule has 0 atom stereocenters. The van der Waals surface area contributed by atoms with E-state index in [2.05, 4.69) is 24.1 Å². The number of allylic oxidation sites excluding steroid dienone is 1. The molecule has 0 amide bonds. The second-order valence-electron chi connectivity index (χ2n) is 1.94. The fraction of sp³-hybridized carbons (Fsp3) is 0.385. The smallest absolute Gasteiger partial charge is 0.0336 e. The molecule has 0 unspecified atom stereocenters. The van der Waals surface area contributed by atoms with E-state index in [-0.39, 0.29) is 0 Å². The molecule has 0 saturated heterocycles. The Kier molecular flexibility index (Phi) is 13.6. The number of hydrogen-bond acceptors (Lipinski definition) is 1. The summed E-state index contributed by atoms with van der Waals surface area (Å²) in [5, 5.41) is 2.08. The van der Waals surface area contributed by atoms with Crippen LogP contribution in [0.25, 0.3) is 12.2 Å². The van der Waals surface area contributed by atoms with E-state index in [1.54, 1.807) is 11.3 Å². The average Bonchev–Trinajstić information content (AvgIpc) is 2.72. The highest BCUT2D eigenvalue weighted by molar-refractivity contribution is 7.11. The summed E-state index contributed by atoms with van der Waals surface area (Å²) in [5.74, 6) is 0. The summed E-state index contributed by atoms with van der Waals surface area (Å²) in [5.41, 5.74) is 1.27. The van der Waals surface area contributed by atoms with Crippen molar-refractivity contribution in [3.8, 4) is 0 Å². The van der Waals surface area contributed by atoms with Gasteiger partial charge >= 0.3 is 0 Å². The molecule has 0 aliphatic heterocycles. The number of rotatable bonds is 2. The number of hydrogen-bond donors (Lipinski definition) is 0. The first kappa shape index (κ1) is 15.6. The Balaban J connectivity index is 0. The Morgan fingerprint density at radius 2 is 1.79 bits per heavy atom. The third kappa shape index (κ3) is 5.76. The van der Waals surface area contributed by atoms with Gasteiger partial charge in [-0.1, -0.05) is 52.5 Å². The highest BCUT2D eigenvalue weighted by Gasteiger charge is 1.93. The van der Waals surface area contributed by atoms with Gasteiger partial charge in [-0.3, -0.25) is 0 Å². The molecule has 0 spiro atoms. The van der Waals surface area contributed by atoms with Crippen molar-refractivity contribution in [3.63, 3.8) is 0 Å². The largest absolute Gasteiger partial charge is 0.144 e. The molecule has 0 fully saturated rings. The topological polar surface area (TPSA) is 0 Å². The Bertz CT molecular complexity index is 243. The first-order valence-electron chi connectivity index (χ1n) is 5.21. The van der Waals surface area contributed by atoms with Crippen molar-refractivity contribution in [3.05, 3.63) is 34.5 Å². The molecule has 1 aromatic rings. The average molecular weight is 210 g/mol. The van der Waals surface area contributed by atoms with Crippen LogP contribution >= 0.6 is 11.3 Å². The molecule has 0 saturated carbocycles. The monoisotopic (exact) mass is 210 g/mol. The standard InChI is InChI=1S/C9H10S.2C2H6/c1-3-5-8-6-7-10-9(8)4-2;2*1-2/h3-7H,2H2,1H3;2*1-2H3/b5-3-;;. The maximum absolute atomic E-state index is 3.72. The summed E-state index contributed by atoms with van der Waals surface area (Å²) in [6, 6.07) is 2.10. The maximum Gasteiger partial charge on any atom is 0.0336 e. The van der Waals surface area contributed by atoms with Crippen molar-refractivity contribution in [2.24, 2.45) is 0 Å². The van der Waals surface area contributed by atoms with Gasteiger partial charge in [-0.2, -0.15) is 0 Å².